The lowest BCUT2D eigenvalue weighted by atomic mass is 10.2. The van der Waals surface area contributed by atoms with Gasteiger partial charge in [0.05, 0.1) is 0 Å². The van der Waals surface area contributed by atoms with Gasteiger partial charge in [-0.1, -0.05) is 6.92 Å². The van der Waals surface area contributed by atoms with Gasteiger partial charge in [-0.3, -0.25) is 0 Å². The van der Waals surface area contributed by atoms with Crippen molar-refractivity contribution in [2.45, 2.75) is 30.7 Å². The van der Waals surface area contributed by atoms with E-state index in [2.05, 4.69) is 20.7 Å². The summed E-state index contributed by atoms with van der Waals surface area (Å²) in [6.45, 7) is 1.63. The van der Waals surface area contributed by atoms with Crippen LogP contribution in [0.25, 0.3) is 0 Å². The van der Waals surface area contributed by atoms with Crippen molar-refractivity contribution in [1.82, 2.24) is 4.72 Å². The van der Waals surface area contributed by atoms with Gasteiger partial charge < -0.3 is 14.6 Å². The molecule has 0 aliphatic carbocycles. The number of carboxylic acids is 1. The van der Waals surface area contributed by atoms with Crippen molar-refractivity contribution in [3.05, 3.63) is 16.5 Å². The summed E-state index contributed by atoms with van der Waals surface area (Å²) >= 11 is 2.87. The molecule has 1 aromatic rings. The molecule has 0 radical (unpaired) electrons. The molecule has 3 N–H and O–H groups in total. The SMILES string of the molecule is CCC(CCO)NS(=O)(=O)c1cc(C(=O)O)oc1Br. The van der Waals surface area contributed by atoms with Gasteiger partial charge in [0.2, 0.25) is 15.8 Å². The molecule has 7 nitrogen and oxygen atoms in total. The highest BCUT2D eigenvalue weighted by Crippen LogP contribution is 2.26. The number of rotatable bonds is 7. The minimum absolute atomic E-state index is 0.145. The third-order valence-electron chi connectivity index (χ3n) is 2.45. The topological polar surface area (TPSA) is 117 Å². The summed E-state index contributed by atoms with van der Waals surface area (Å²) in [5.74, 6) is -1.83. The molecule has 108 valence electrons. The van der Waals surface area contributed by atoms with Gasteiger partial charge in [0.25, 0.3) is 0 Å². The zero-order chi connectivity index (χ0) is 14.6. The molecule has 0 aromatic carbocycles. The molecule has 0 saturated heterocycles. The predicted octanol–water partition coefficient (Wildman–Crippen LogP) is 1.18. The molecule has 0 spiro atoms. The summed E-state index contributed by atoms with van der Waals surface area (Å²) in [6.07, 6.45) is 0.776. The normalized spacial score (nSPS) is 13.4. The molecule has 0 amide bonds. The number of hydrogen-bond donors (Lipinski definition) is 3. The fraction of sp³-hybridized carbons (Fsp3) is 0.500. The number of nitrogens with one attached hydrogen (secondary N) is 1. The number of aliphatic hydroxyl groups excluding tert-OH is 1. The van der Waals surface area contributed by atoms with E-state index in [4.69, 9.17) is 14.6 Å². The fourth-order valence-corrected chi connectivity index (χ4v) is 3.72. The van der Waals surface area contributed by atoms with E-state index in [0.29, 0.717) is 6.42 Å². The lowest BCUT2D eigenvalue weighted by Crippen LogP contribution is -2.35. The number of carbonyl (C=O) groups is 1. The lowest BCUT2D eigenvalue weighted by Gasteiger charge is -2.15. The summed E-state index contributed by atoms with van der Waals surface area (Å²) < 4.78 is 31.1. The van der Waals surface area contributed by atoms with Crippen molar-refractivity contribution >= 4 is 31.9 Å². The molecule has 0 saturated carbocycles. The lowest BCUT2D eigenvalue weighted by molar-refractivity contribution is 0.0661. The summed E-state index contributed by atoms with van der Waals surface area (Å²) in [5.41, 5.74) is 0. The van der Waals surface area contributed by atoms with Gasteiger partial charge in [-0.15, -0.1) is 0 Å². The van der Waals surface area contributed by atoms with Crippen LogP contribution in [0.2, 0.25) is 0 Å². The van der Waals surface area contributed by atoms with Crippen LogP contribution in [0.1, 0.15) is 30.3 Å². The van der Waals surface area contributed by atoms with Gasteiger partial charge in [-0.2, -0.15) is 0 Å². The van der Waals surface area contributed by atoms with Crippen molar-refractivity contribution in [3.8, 4) is 0 Å². The molecule has 0 fully saturated rings. The maximum Gasteiger partial charge on any atom is 0.371 e. The largest absolute Gasteiger partial charge is 0.475 e. The standard InChI is InChI=1S/C10H14BrNO6S/c1-2-6(3-4-13)12-19(16,17)8-5-7(10(14)15)18-9(8)11/h5-6,12-13H,2-4H2,1H3,(H,14,15). The highest BCUT2D eigenvalue weighted by atomic mass is 79.9. The van der Waals surface area contributed by atoms with E-state index in [1.54, 1.807) is 6.92 Å². The van der Waals surface area contributed by atoms with Gasteiger partial charge in [0.1, 0.15) is 4.90 Å². The molecule has 1 aromatic heterocycles. The molecule has 0 aliphatic heterocycles. The van der Waals surface area contributed by atoms with Crippen molar-refractivity contribution in [3.63, 3.8) is 0 Å². The molecule has 1 rings (SSSR count). The van der Waals surface area contributed by atoms with Crippen LogP contribution in [0, 0.1) is 0 Å². The first kappa shape index (κ1) is 16.2. The molecule has 1 atom stereocenters. The number of aliphatic hydroxyl groups is 1. The van der Waals surface area contributed by atoms with Crippen molar-refractivity contribution in [2.75, 3.05) is 6.61 Å². The van der Waals surface area contributed by atoms with E-state index in [9.17, 15) is 13.2 Å². The number of furan rings is 1. The van der Waals surface area contributed by atoms with E-state index in [1.165, 1.54) is 0 Å². The van der Waals surface area contributed by atoms with Crippen LogP contribution < -0.4 is 4.72 Å². The van der Waals surface area contributed by atoms with Crippen molar-refractivity contribution in [1.29, 1.82) is 0 Å². The first-order valence-corrected chi connectivity index (χ1v) is 7.75. The Morgan fingerprint density at radius 3 is 2.63 bits per heavy atom. The van der Waals surface area contributed by atoms with E-state index >= 15 is 0 Å². The maximum atomic E-state index is 12.1. The second-order valence-electron chi connectivity index (χ2n) is 3.79. The molecular weight excluding hydrogens is 342 g/mol. The first-order valence-electron chi connectivity index (χ1n) is 5.47. The molecule has 9 heteroatoms. The average Bonchev–Trinajstić information content (AvgIpc) is 2.71. The molecule has 1 heterocycles. The quantitative estimate of drug-likeness (QED) is 0.675. The molecule has 19 heavy (non-hydrogen) atoms. The first-order chi connectivity index (χ1) is 8.81. The van der Waals surface area contributed by atoms with Crippen molar-refractivity contribution < 1.29 is 27.8 Å². The predicted molar refractivity (Wildman–Crippen MR) is 69.5 cm³/mol. The van der Waals surface area contributed by atoms with Crippen LogP contribution in [0.3, 0.4) is 0 Å². The molecule has 0 aliphatic rings. The Kier molecular flexibility index (Phi) is 5.53. The van der Waals surface area contributed by atoms with Crippen LogP contribution in [-0.4, -0.2) is 37.2 Å². The van der Waals surface area contributed by atoms with Gasteiger partial charge in [0.15, 0.2) is 4.67 Å². The Morgan fingerprint density at radius 2 is 2.21 bits per heavy atom. The van der Waals surface area contributed by atoms with E-state index in [-0.39, 0.29) is 22.6 Å². The number of aromatic carboxylic acids is 1. The average molecular weight is 356 g/mol. The summed E-state index contributed by atoms with van der Waals surface area (Å²) in [5, 5.41) is 17.6. The third kappa shape index (κ3) is 4.03. The molecule has 1 unspecified atom stereocenters. The summed E-state index contributed by atoms with van der Waals surface area (Å²) in [6, 6.07) is 0.505. The van der Waals surface area contributed by atoms with Gasteiger partial charge in [-0.05, 0) is 28.8 Å². The van der Waals surface area contributed by atoms with Crippen molar-refractivity contribution in [2.24, 2.45) is 0 Å². The Bertz CT molecular complexity index is 552. The highest BCUT2D eigenvalue weighted by Gasteiger charge is 2.26. The van der Waals surface area contributed by atoms with Crippen LogP contribution in [0.5, 0.6) is 0 Å². The zero-order valence-corrected chi connectivity index (χ0v) is 12.5. The van der Waals surface area contributed by atoms with Gasteiger partial charge in [0, 0.05) is 18.7 Å². The Hall–Kier alpha value is -0.900. The number of hydrogen-bond acceptors (Lipinski definition) is 5. The molecular formula is C10H14BrNO6S. The highest BCUT2D eigenvalue weighted by molar-refractivity contribution is 9.10. The smallest absolute Gasteiger partial charge is 0.371 e. The van der Waals surface area contributed by atoms with E-state index in [0.717, 1.165) is 6.07 Å². The Morgan fingerprint density at radius 1 is 1.58 bits per heavy atom. The number of sulfonamides is 1. The van der Waals surface area contributed by atoms with Crippen LogP contribution in [0.4, 0.5) is 0 Å². The number of halogens is 1. The Labute approximate surface area is 118 Å². The van der Waals surface area contributed by atoms with Crippen LogP contribution >= 0.6 is 15.9 Å². The second-order valence-corrected chi connectivity index (χ2v) is 6.20. The monoisotopic (exact) mass is 355 g/mol. The fourth-order valence-electron chi connectivity index (χ4n) is 1.43. The minimum atomic E-state index is -3.90. The van der Waals surface area contributed by atoms with Gasteiger partial charge in [-0.25, -0.2) is 17.9 Å². The minimum Gasteiger partial charge on any atom is -0.475 e. The Balaban J connectivity index is 3.03. The number of carboxylic acid groups (broad SMARTS) is 1. The van der Waals surface area contributed by atoms with Crippen LogP contribution in [-0.2, 0) is 10.0 Å². The third-order valence-corrected chi connectivity index (χ3v) is 4.83. The summed E-state index contributed by atoms with van der Waals surface area (Å²) in [4.78, 5) is 10.4. The van der Waals surface area contributed by atoms with E-state index < -0.39 is 27.8 Å². The maximum absolute atomic E-state index is 12.1. The molecule has 0 bridgehead atoms. The van der Waals surface area contributed by atoms with Gasteiger partial charge >= 0.3 is 5.97 Å². The van der Waals surface area contributed by atoms with E-state index in [1.807, 2.05) is 0 Å². The zero-order valence-electron chi connectivity index (χ0n) is 10.1. The summed E-state index contributed by atoms with van der Waals surface area (Å²) in [7, 11) is -3.90. The van der Waals surface area contributed by atoms with Crippen LogP contribution in [0.15, 0.2) is 20.0 Å². The second kappa shape index (κ2) is 6.51.